The van der Waals surface area contributed by atoms with Crippen molar-refractivity contribution >= 4 is 0 Å². The predicted molar refractivity (Wildman–Crippen MR) is 81.8 cm³/mol. The van der Waals surface area contributed by atoms with Crippen LogP contribution in [0.25, 0.3) is 11.5 Å². The van der Waals surface area contributed by atoms with E-state index in [0.29, 0.717) is 18.0 Å². The van der Waals surface area contributed by atoms with Crippen molar-refractivity contribution < 1.29 is 4.52 Å². The minimum absolute atomic E-state index is 0.488. The molecule has 112 valence electrons. The lowest BCUT2D eigenvalue weighted by molar-refractivity contribution is 0.134. The van der Waals surface area contributed by atoms with Gasteiger partial charge in [0, 0.05) is 30.7 Å². The summed E-state index contributed by atoms with van der Waals surface area (Å²) >= 11 is 0. The van der Waals surface area contributed by atoms with E-state index in [-0.39, 0.29) is 0 Å². The molecule has 1 aliphatic rings. The van der Waals surface area contributed by atoms with Gasteiger partial charge < -0.3 is 9.84 Å². The third-order valence-corrected chi connectivity index (χ3v) is 3.97. The zero-order valence-corrected chi connectivity index (χ0v) is 12.8. The number of piperazine rings is 1. The highest BCUT2D eigenvalue weighted by molar-refractivity contribution is 5.53. The third kappa shape index (κ3) is 3.31. The van der Waals surface area contributed by atoms with E-state index in [4.69, 9.17) is 4.52 Å². The smallest absolute Gasteiger partial charge is 0.257 e. The number of nitrogens with zero attached hydrogens (tertiary/aromatic N) is 3. The predicted octanol–water partition coefficient (Wildman–Crippen LogP) is 2.23. The largest absolute Gasteiger partial charge is 0.334 e. The SMILES string of the molecule is Cc1cccc(-c2nc(CN3CC(C)NCC3C)no2)c1. The second kappa shape index (κ2) is 5.95. The maximum absolute atomic E-state index is 5.41. The Balaban J connectivity index is 1.73. The van der Waals surface area contributed by atoms with Gasteiger partial charge in [0.25, 0.3) is 5.89 Å². The summed E-state index contributed by atoms with van der Waals surface area (Å²) < 4.78 is 5.41. The summed E-state index contributed by atoms with van der Waals surface area (Å²) in [6.07, 6.45) is 0. The zero-order chi connectivity index (χ0) is 14.8. The maximum Gasteiger partial charge on any atom is 0.257 e. The van der Waals surface area contributed by atoms with Gasteiger partial charge in [-0.2, -0.15) is 4.98 Å². The first-order valence-corrected chi connectivity index (χ1v) is 7.49. The van der Waals surface area contributed by atoms with Crippen LogP contribution in [0.5, 0.6) is 0 Å². The van der Waals surface area contributed by atoms with Crippen LogP contribution >= 0.6 is 0 Å². The van der Waals surface area contributed by atoms with E-state index < -0.39 is 0 Å². The highest BCUT2D eigenvalue weighted by atomic mass is 16.5. The molecule has 0 amide bonds. The van der Waals surface area contributed by atoms with Crippen molar-refractivity contribution in [3.05, 3.63) is 35.7 Å². The average molecular weight is 286 g/mol. The molecule has 1 aromatic heterocycles. The molecule has 2 aromatic rings. The molecule has 1 saturated heterocycles. The molecule has 2 heterocycles. The van der Waals surface area contributed by atoms with E-state index >= 15 is 0 Å². The van der Waals surface area contributed by atoms with Gasteiger partial charge in [0.15, 0.2) is 5.82 Å². The number of aromatic nitrogens is 2. The Labute approximate surface area is 125 Å². The molecule has 5 nitrogen and oxygen atoms in total. The lowest BCUT2D eigenvalue weighted by Crippen LogP contribution is -2.53. The fraction of sp³-hybridized carbons (Fsp3) is 0.500. The molecule has 1 fully saturated rings. The van der Waals surface area contributed by atoms with Gasteiger partial charge in [-0.1, -0.05) is 22.9 Å². The van der Waals surface area contributed by atoms with Gasteiger partial charge in [-0.15, -0.1) is 0 Å². The lowest BCUT2D eigenvalue weighted by Gasteiger charge is -2.36. The van der Waals surface area contributed by atoms with Crippen LogP contribution in [0.3, 0.4) is 0 Å². The molecule has 1 aliphatic heterocycles. The van der Waals surface area contributed by atoms with Gasteiger partial charge in [0.2, 0.25) is 0 Å². The molecule has 2 atom stereocenters. The number of aryl methyl sites for hydroxylation is 1. The quantitative estimate of drug-likeness (QED) is 0.937. The first-order valence-electron chi connectivity index (χ1n) is 7.49. The van der Waals surface area contributed by atoms with Gasteiger partial charge in [-0.3, -0.25) is 4.90 Å². The van der Waals surface area contributed by atoms with Crippen molar-refractivity contribution in [2.75, 3.05) is 13.1 Å². The van der Waals surface area contributed by atoms with Crippen LogP contribution in [0.2, 0.25) is 0 Å². The molecular formula is C16H22N4O. The van der Waals surface area contributed by atoms with E-state index in [1.165, 1.54) is 5.56 Å². The topological polar surface area (TPSA) is 54.2 Å². The van der Waals surface area contributed by atoms with Gasteiger partial charge in [0.1, 0.15) is 0 Å². The molecule has 0 saturated carbocycles. The maximum atomic E-state index is 5.41. The van der Waals surface area contributed by atoms with E-state index in [0.717, 1.165) is 31.0 Å². The van der Waals surface area contributed by atoms with Crippen LogP contribution in [0.4, 0.5) is 0 Å². The van der Waals surface area contributed by atoms with Gasteiger partial charge in [-0.05, 0) is 32.9 Å². The molecule has 2 unspecified atom stereocenters. The zero-order valence-electron chi connectivity index (χ0n) is 12.8. The van der Waals surface area contributed by atoms with E-state index in [1.807, 2.05) is 12.1 Å². The number of nitrogens with one attached hydrogen (secondary N) is 1. The number of rotatable bonds is 3. The summed E-state index contributed by atoms with van der Waals surface area (Å²) in [5.41, 5.74) is 2.17. The lowest BCUT2D eigenvalue weighted by atomic mass is 10.1. The van der Waals surface area contributed by atoms with Crippen LogP contribution in [-0.2, 0) is 6.54 Å². The second-order valence-electron chi connectivity index (χ2n) is 5.97. The Morgan fingerprint density at radius 2 is 2.24 bits per heavy atom. The summed E-state index contributed by atoms with van der Waals surface area (Å²) in [6, 6.07) is 9.12. The monoisotopic (exact) mass is 286 g/mol. The molecule has 1 N–H and O–H groups in total. The molecule has 3 rings (SSSR count). The van der Waals surface area contributed by atoms with Crippen molar-refractivity contribution in [2.24, 2.45) is 0 Å². The van der Waals surface area contributed by atoms with E-state index in [9.17, 15) is 0 Å². The van der Waals surface area contributed by atoms with Crippen molar-refractivity contribution in [3.8, 4) is 11.5 Å². The summed E-state index contributed by atoms with van der Waals surface area (Å²) in [4.78, 5) is 6.93. The standard InChI is InChI=1S/C16H22N4O/c1-11-5-4-6-14(7-11)16-18-15(19-21-16)10-20-9-12(2)17-8-13(20)3/h4-7,12-13,17H,8-10H2,1-3H3. The second-order valence-corrected chi connectivity index (χ2v) is 5.97. The normalized spacial score (nSPS) is 23.4. The van der Waals surface area contributed by atoms with E-state index in [2.05, 4.69) is 53.3 Å². The van der Waals surface area contributed by atoms with Crippen molar-refractivity contribution in [3.63, 3.8) is 0 Å². The summed E-state index contributed by atoms with van der Waals surface area (Å²) in [5.74, 6) is 1.36. The molecule has 0 spiro atoms. The van der Waals surface area contributed by atoms with Gasteiger partial charge in [0.05, 0.1) is 6.54 Å². The van der Waals surface area contributed by atoms with Crippen LogP contribution in [-0.4, -0.2) is 40.2 Å². The van der Waals surface area contributed by atoms with Crippen molar-refractivity contribution in [2.45, 2.75) is 39.4 Å². The first-order chi connectivity index (χ1) is 10.1. The Hall–Kier alpha value is -1.72. The minimum Gasteiger partial charge on any atom is -0.334 e. The van der Waals surface area contributed by atoms with Crippen LogP contribution < -0.4 is 5.32 Å². The van der Waals surface area contributed by atoms with Crippen LogP contribution in [0, 0.1) is 6.92 Å². The molecule has 0 bridgehead atoms. The average Bonchev–Trinajstić information content (AvgIpc) is 2.91. The Morgan fingerprint density at radius 3 is 3.05 bits per heavy atom. The Bertz CT molecular complexity index is 610. The van der Waals surface area contributed by atoms with Gasteiger partial charge in [-0.25, -0.2) is 0 Å². The molecule has 5 heteroatoms. The van der Waals surface area contributed by atoms with E-state index in [1.54, 1.807) is 0 Å². The Morgan fingerprint density at radius 1 is 1.38 bits per heavy atom. The first kappa shape index (κ1) is 14.2. The summed E-state index contributed by atoms with van der Waals surface area (Å²) in [5, 5.41) is 7.61. The van der Waals surface area contributed by atoms with Crippen molar-refractivity contribution in [1.29, 1.82) is 0 Å². The Kier molecular flexibility index (Phi) is 4.03. The van der Waals surface area contributed by atoms with Crippen LogP contribution in [0.15, 0.2) is 28.8 Å². The van der Waals surface area contributed by atoms with Crippen molar-refractivity contribution in [1.82, 2.24) is 20.4 Å². The molecule has 1 aromatic carbocycles. The fourth-order valence-corrected chi connectivity index (χ4v) is 2.71. The molecular weight excluding hydrogens is 264 g/mol. The number of benzene rings is 1. The minimum atomic E-state index is 0.488. The van der Waals surface area contributed by atoms with Crippen LogP contribution in [0.1, 0.15) is 25.2 Å². The van der Waals surface area contributed by atoms with Gasteiger partial charge >= 0.3 is 0 Å². The fourth-order valence-electron chi connectivity index (χ4n) is 2.71. The highest BCUT2D eigenvalue weighted by Crippen LogP contribution is 2.19. The molecule has 0 aliphatic carbocycles. The third-order valence-electron chi connectivity index (χ3n) is 3.97. The summed E-state index contributed by atoms with van der Waals surface area (Å²) in [7, 11) is 0. The summed E-state index contributed by atoms with van der Waals surface area (Å²) in [6.45, 7) is 9.24. The highest BCUT2D eigenvalue weighted by Gasteiger charge is 2.24. The molecule has 21 heavy (non-hydrogen) atoms. The molecule has 0 radical (unpaired) electrons. The number of hydrogen-bond acceptors (Lipinski definition) is 5. The number of hydrogen-bond donors (Lipinski definition) is 1.